The van der Waals surface area contributed by atoms with Crippen LogP contribution in [0.15, 0.2) is 24.4 Å². The van der Waals surface area contributed by atoms with Crippen LogP contribution < -0.4 is 0 Å². The van der Waals surface area contributed by atoms with Crippen LogP contribution in [-0.4, -0.2) is 23.0 Å². The molecule has 0 bridgehead atoms. The molecular formula is C14H16N2O2. The van der Waals surface area contributed by atoms with Crippen molar-refractivity contribution in [1.29, 1.82) is 0 Å². The summed E-state index contributed by atoms with van der Waals surface area (Å²) in [4.78, 5) is 18.5. The highest BCUT2D eigenvalue weighted by atomic mass is 16.5. The molecule has 1 aromatic carbocycles. The highest BCUT2D eigenvalue weighted by Crippen LogP contribution is 2.22. The number of hydrogen-bond acceptors (Lipinski definition) is 3. The molecule has 0 radical (unpaired) electrons. The molecule has 18 heavy (non-hydrogen) atoms. The number of ether oxygens (including phenoxy) is 1. The molecule has 0 amide bonds. The Hall–Kier alpha value is -2.10. The van der Waals surface area contributed by atoms with E-state index in [2.05, 4.69) is 46.8 Å². The van der Waals surface area contributed by atoms with Gasteiger partial charge < -0.3 is 9.72 Å². The number of aryl methyl sites for hydroxylation is 2. The monoisotopic (exact) mass is 244 g/mol. The third-order valence-corrected chi connectivity index (χ3v) is 2.84. The van der Waals surface area contributed by atoms with E-state index in [-0.39, 0.29) is 12.4 Å². The lowest BCUT2D eigenvalue weighted by atomic mass is 10.0. The first-order valence-electron chi connectivity index (χ1n) is 5.78. The molecule has 0 spiro atoms. The molecule has 2 aromatic rings. The van der Waals surface area contributed by atoms with E-state index in [0.717, 1.165) is 11.3 Å². The number of imidazole rings is 1. The van der Waals surface area contributed by atoms with E-state index >= 15 is 0 Å². The zero-order valence-electron chi connectivity index (χ0n) is 10.8. The minimum Gasteiger partial charge on any atom is -0.469 e. The number of benzene rings is 1. The summed E-state index contributed by atoms with van der Waals surface area (Å²) in [5.74, 6) is 0.327. The first kappa shape index (κ1) is 12.4. The quantitative estimate of drug-likeness (QED) is 0.843. The van der Waals surface area contributed by atoms with Crippen molar-refractivity contribution in [2.75, 3.05) is 7.11 Å². The molecule has 0 saturated heterocycles. The summed E-state index contributed by atoms with van der Waals surface area (Å²) in [5.41, 5.74) is 4.43. The Kier molecular flexibility index (Phi) is 3.46. The number of rotatable bonds is 3. The van der Waals surface area contributed by atoms with Gasteiger partial charge in [0.25, 0.3) is 0 Å². The number of nitrogens with zero attached hydrogens (tertiary/aromatic N) is 1. The lowest BCUT2D eigenvalue weighted by Crippen LogP contribution is -2.05. The van der Waals surface area contributed by atoms with Crippen molar-refractivity contribution in [1.82, 2.24) is 9.97 Å². The van der Waals surface area contributed by atoms with Crippen molar-refractivity contribution < 1.29 is 9.53 Å². The number of hydrogen-bond donors (Lipinski definition) is 1. The topological polar surface area (TPSA) is 55.0 Å². The Balaban J connectivity index is 2.26. The number of H-pyrrole nitrogens is 1. The maximum Gasteiger partial charge on any atom is 0.313 e. The van der Waals surface area contributed by atoms with Gasteiger partial charge in [0.2, 0.25) is 0 Å². The van der Waals surface area contributed by atoms with Gasteiger partial charge in [-0.3, -0.25) is 4.79 Å². The molecule has 0 saturated carbocycles. The molecule has 0 fully saturated rings. The molecule has 0 aliphatic rings. The van der Waals surface area contributed by atoms with Gasteiger partial charge in [-0.1, -0.05) is 23.8 Å². The summed E-state index contributed by atoms with van der Waals surface area (Å²) in [6, 6.07) is 6.24. The third-order valence-electron chi connectivity index (χ3n) is 2.84. The third kappa shape index (κ3) is 2.59. The van der Waals surface area contributed by atoms with E-state index in [1.165, 1.54) is 18.2 Å². The maximum absolute atomic E-state index is 11.2. The van der Waals surface area contributed by atoms with Crippen molar-refractivity contribution in [3.05, 3.63) is 41.3 Å². The van der Waals surface area contributed by atoms with Crippen molar-refractivity contribution >= 4 is 5.97 Å². The summed E-state index contributed by atoms with van der Waals surface area (Å²) in [5, 5.41) is 0. The van der Waals surface area contributed by atoms with Crippen LogP contribution in [0.25, 0.3) is 11.3 Å². The second-order valence-electron chi connectivity index (χ2n) is 4.31. The first-order valence-corrected chi connectivity index (χ1v) is 5.78. The highest BCUT2D eigenvalue weighted by molar-refractivity contribution is 5.72. The van der Waals surface area contributed by atoms with Gasteiger partial charge in [0, 0.05) is 5.56 Å². The van der Waals surface area contributed by atoms with Crippen LogP contribution >= 0.6 is 0 Å². The molecule has 94 valence electrons. The summed E-state index contributed by atoms with van der Waals surface area (Å²) in [7, 11) is 1.37. The molecule has 4 nitrogen and oxygen atoms in total. The van der Waals surface area contributed by atoms with Crippen LogP contribution in [-0.2, 0) is 16.0 Å². The fourth-order valence-corrected chi connectivity index (χ4v) is 1.91. The van der Waals surface area contributed by atoms with Crippen LogP contribution in [0.2, 0.25) is 0 Å². The van der Waals surface area contributed by atoms with Gasteiger partial charge in [-0.15, -0.1) is 0 Å². The lowest BCUT2D eigenvalue weighted by Gasteiger charge is -2.04. The Labute approximate surface area is 106 Å². The SMILES string of the molecule is COC(=O)Cc1ncc(-c2ccc(C)cc2C)[nH]1. The predicted octanol–water partition coefficient (Wildman–Crippen LogP) is 2.41. The summed E-state index contributed by atoms with van der Waals surface area (Å²) in [6.07, 6.45) is 1.91. The largest absolute Gasteiger partial charge is 0.469 e. The van der Waals surface area contributed by atoms with Gasteiger partial charge in [0.05, 0.1) is 19.0 Å². The molecule has 0 aliphatic heterocycles. The number of carbonyl (C=O) groups is 1. The van der Waals surface area contributed by atoms with Gasteiger partial charge in [0.15, 0.2) is 0 Å². The summed E-state index contributed by atoms with van der Waals surface area (Å²) in [6.45, 7) is 4.12. The maximum atomic E-state index is 11.2. The molecule has 1 aromatic heterocycles. The number of nitrogens with one attached hydrogen (secondary N) is 1. The average Bonchev–Trinajstić information content (AvgIpc) is 2.77. The minimum atomic E-state index is -0.295. The Morgan fingerprint density at radius 2 is 2.17 bits per heavy atom. The van der Waals surface area contributed by atoms with Gasteiger partial charge in [-0.25, -0.2) is 4.98 Å². The highest BCUT2D eigenvalue weighted by Gasteiger charge is 2.09. The van der Waals surface area contributed by atoms with Gasteiger partial charge in [-0.05, 0) is 19.4 Å². The number of aromatic nitrogens is 2. The number of carbonyl (C=O) groups excluding carboxylic acids is 1. The second kappa shape index (κ2) is 5.04. The van der Waals surface area contributed by atoms with Crippen LogP contribution in [0.1, 0.15) is 17.0 Å². The van der Waals surface area contributed by atoms with Crippen molar-refractivity contribution in [2.45, 2.75) is 20.3 Å². The van der Waals surface area contributed by atoms with Crippen LogP contribution in [0.5, 0.6) is 0 Å². The van der Waals surface area contributed by atoms with Gasteiger partial charge in [-0.2, -0.15) is 0 Å². The molecule has 0 aliphatic carbocycles. The molecular weight excluding hydrogens is 228 g/mol. The Morgan fingerprint density at radius 3 is 2.83 bits per heavy atom. The number of esters is 1. The van der Waals surface area contributed by atoms with E-state index in [9.17, 15) is 4.79 Å². The molecule has 1 heterocycles. The lowest BCUT2D eigenvalue weighted by molar-refractivity contribution is -0.139. The van der Waals surface area contributed by atoms with E-state index in [0.29, 0.717) is 5.82 Å². The number of methoxy groups -OCH3 is 1. The smallest absolute Gasteiger partial charge is 0.313 e. The predicted molar refractivity (Wildman–Crippen MR) is 69.2 cm³/mol. The fourth-order valence-electron chi connectivity index (χ4n) is 1.91. The van der Waals surface area contributed by atoms with E-state index in [4.69, 9.17) is 0 Å². The first-order chi connectivity index (χ1) is 8.60. The number of aromatic amines is 1. The molecule has 1 N–H and O–H groups in total. The van der Waals surface area contributed by atoms with Crippen molar-refractivity contribution in [3.63, 3.8) is 0 Å². The van der Waals surface area contributed by atoms with E-state index in [1.807, 2.05) is 0 Å². The molecule has 4 heteroatoms. The summed E-state index contributed by atoms with van der Waals surface area (Å²) >= 11 is 0. The van der Waals surface area contributed by atoms with Gasteiger partial charge >= 0.3 is 5.97 Å². The zero-order valence-corrected chi connectivity index (χ0v) is 10.8. The Bertz CT molecular complexity index is 573. The van der Waals surface area contributed by atoms with Crippen LogP contribution in [0.4, 0.5) is 0 Å². The zero-order chi connectivity index (χ0) is 13.1. The molecule has 0 unspecified atom stereocenters. The normalized spacial score (nSPS) is 10.4. The van der Waals surface area contributed by atoms with E-state index in [1.54, 1.807) is 6.20 Å². The summed E-state index contributed by atoms with van der Waals surface area (Å²) < 4.78 is 4.61. The van der Waals surface area contributed by atoms with Crippen molar-refractivity contribution in [2.24, 2.45) is 0 Å². The fraction of sp³-hybridized carbons (Fsp3) is 0.286. The average molecular weight is 244 g/mol. The standard InChI is InChI=1S/C14H16N2O2/c1-9-4-5-11(10(2)6-9)12-8-15-13(16-12)7-14(17)18-3/h4-6,8H,7H2,1-3H3,(H,15,16). The Morgan fingerprint density at radius 1 is 1.39 bits per heavy atom. The van der Waals surface area contributed by atoms with Gasteiger partial charge in [0.1, 0.15) is 12.2 Å². The molecule has 2 rings (SSSR count). The second-order valence-corrected chi connectivity index (χ2v) is 4.31. The molecule has 0 atom stereocenters. The van der Waals surface area contributed by atoms with Crippen LogP contribution in [0.3, 0.4) is 0 Å². The minimum absolute atomic E-state index is 0.168. The van der Waals surface area contributed by atoms with Crippen LogP contribution in [0, 0.1) is 13.8 Å². The van der Waals surface area contributed by atoms with Crippen molar-refractivity contribution in [3.8, 4) is 11.3 Å². The van der Waals surface area contributed by atoms with E-state index < -0.39 is 0 Å².